The van der Waals surface area contributed by atoms with Gasteiger partial charge in [0.2, 0.25) is 0 Å². The molecule has 1 amide bonds. The van der Waals surface area contributed by atoms with Gasteiger partial charge in [-0.2, -0.15) is 0 Å². The zero-order valence-corrected chi connectivity index (χ0v) is 15.7. The molecule has 0 radical (unpaired) electrons. The predicted molar refractivity (Wildman–Crippen MR) is 112 cm³/mol. The highest BCUT2D eigenvalue weighted by atomic mass is 16.6. The fourth-order valence-electron chi connectivity index (χ4n) is 2.44. The van der Waals surface area contributed by atoms with Crippen molar-refractivity contribution in [2.24, 2.45) is 4.99 Å². The van der Waals surface area contributed by atoms with Crippen molar-refractivity contribution in [2.45, 2.75) is 6.92 Å². The number of nitrogens with zero attached hydrogens (tertiary/aromatic N) is 2. The maximum Gasteiger partial charge on any atom is 0.269 e. The van der Waals surface area contributed by atoms with Crippen LogP contribution in [0.25, 0.3) is 0 Å². The molecule has 0 unspecified atom stereocenters. The second-order valence-electron chi connectivity index (χ2n) is 6.30. The Morgan fingerprint density at radius 3 is 2.31 bits per heavy atom. The van der Waals surface area contributed by atoms with E-state index in [-0.39, 0.29) is 18.2 Å². The average molecular weight is 389 g/mol. The first-order chi connectivity index (χ1) is 14.0. The Hall–Kier alpha value is -4.00. The number of hydrogen-bond acceptors (Lipinski definition) is 5. The van der Waals surface area contributed by atoms with Crippen molar-refractivity contribution >= 4 is 29.2 Å². The van der Waals surface area contributed by atoms with Crippen LogP contribution in [0.3, 0.4) is 0 Å². The molecular weight excluding hydrogens is 370 g/mol. The highest BCUT2D eigenvalue weighted by molar-refractivity contribution is 5.91. The van der Waals surface area contributed by atoms with Crippen LogP contribution in [0.5, 0.6) is 5.75 Å². The van der Waals surface area contributed by atoms with Crippen LogP contribution in [-0.4, -0.2) is 23.7 Å². The van der Waals surface area contributed by atoms with Crippen molar-refractivity contribution in [2.75, 3.05) is 11.9 Å². The molecule has 0 spiro atoms. The van der Waals surface area contributed by atoms with E-state index < -0.39 is 4.92 Å². The smallest absolute Gasteiger partial charge is 0.269 e. The molecule has 3 aromatic carbocycles. The number of non-ortho nitro benzene ring substituents is 1. The van der Waals surface area contributed by atoms with Gasteiger partial charge < -0.3 is 10.1 Å². The fraction of sp³-hybridized carbons (Fsp3) is 0.0909. The Kier molecular flexibility index (Phi) is 6.32. The molecule has 7 heteroatoms. The SMILES string of the molecule is Cc1ccc(NC(=O)COc2ccc(C=Nc3ccc([N+](=O)[O-])cc3)cc2)cc1. The van der Waals surface area contributed by atoms with Crippen LogP contribution in [0.4, 0.5) is 17.1 Å². The standard InChI is InChI=1S/C22H19N3O4/c1-16-2-6-19(7-3-16)24-22(26)15-29-21-12-4-17(5-13-21)14-23-18-8-10-20(11-9-18)25(27)28/h2-14H,15H2,1H3,(H,24,26). The Morgan fingerprint density at radius 1 is 1.03 bits per heavy atom. The second-order valence-corrected chi connectivity index (χ2v) is 6.30. The number of carbonyl (C=O) groups excluding carboxylic acids is 1. The summed E-state index contributed by atoms with van der Waals surface area (Å²) in [7, 11) is 0. The van der Waals surface area contributed by atoms with Crippen LogP contribution in [0.15, 0.2) is 77.8 Å². The molecule has 0 bridgehead atoms. The van der Waals surface area contributed by atoms with Gasteiger partial charge in [0, 0.05) is 24.0 Å². The van der Waals surface area contributed by atoms with E-state index in [0.29, 0.717) is 11.4 Å². The van der Waals surface area contributed by atoms with E-state index in [1.807, 2.05) is 43.3 Å². The van der Waals surface area contributed by atoms with Crippen LogP contribution < -0.4 is 10.1 Å². The van der Waals surface area contributed by atoms with Gasteiger partial charge in [0.15, 0.2) is 6.61 Å². The van der Waals surface area contributed by atoms with Gasteiger partial charge in [-0.15, -0.1) is 0 Å². The van der Waals surface area contributed by atoms with Crippen LogP contribution in [-0.2, 0) is 4.79 Å². The molecule has 7 nitrogen and oxygen atoms in total. The normalized spacial score (nSPS) is 10.7. The highest BCUT2D eigenvalue weighted by Crippen LogP contribution is 2.18. The number of hydrogen-bond donors (Lipinski definition) is 1. The third kappa shape index (κ3) is 6.00. The molecule has 0 aromatic heterocycles. The number of rotatable bonds is 7. The molecule has 3 aromatic rings. The van der Waals surface area contributed by atoms with Crippen LogP contribution >= 0.6 is 0 Å². The Balaban J connectivity index is 1.51. The summed E-state index contributed by atoms with van der Waals surface area (Å²) >= 11 is 0. The van der Waals surface area contributed by atoms with E-state index in [9.17, 15) is 14.9 Å². The van der Waals surface area contributed by atoms with E-state index in [1.165, 1.54) is 12.1 Å². The molecule has 29 heavy (non-hydrogen) atoms. The second kappa shape index (κ2) is 9.27. The van der Waals surface area contributed by atoms with Gasteiger partial charge in [0.25, 0.3) is 11.6 Å². The zero-order chi connectivity index (χ0) is 20.6. The van der Waals surface area contributed by atoms with Crippen molar-refractivity contribution in [1.29, 1.82) is 0 Å². The summed E-state index contributed by atoms with van der Waals surface area (Å²) in [6.45, 7) is 1.89. The molecule has 146 valence electrons. The van der Waals surface area contributed by atoms with E-state index in [4.69, 9.17) is 4.74 Å². The van der Waals surface area contributed by atoms with Gasteiger partial charge in [-0.3, -0.25) is 19.9 Å². The van der Waals surface area contributed by atoms with Crippen LogP contribution in [0, 0.1) is 17.0 Å². The topological polar surface area (TPSA) is 93.8 Å². The first-order valence-electron chi connectivity index (χ1n) is 8.87. The maximum atomic E-state index is 12.0. The first kappa shape index (κ1) is 19.8. The summed E-state index contributed by atoms with van der Waals surface area (Å²) in [5, 5.41) is 13.4. The number of amides is 1. The lowest BCUT2D eigenvalue weighted by atomic mass is 10.2. The molecular formula is C22H19N3O4. The zero-order valence-electron chi connectivity index (χ0n) is 15.7. The molecule has 0 aliphatic carbocycles. The minimum atomic E-state index is -0.451. The number of nitro benzene ring substituents is 1. The largest absolute Gasteiger partial charge is 0.484 e. The Labute approximate surface area is 167 Å². The lowest BCUT2D eigenvalue weighted by Crippen LogP contribution is -2.20. The monoisotopic (exact) mass is 389 g/mol. The summed E-state index contributed by atoms with van der Waals surface area (Å²) < 4.78 is 5.50. The quantitative estimate of drug-likeness (QED) is 0.361. The van der Waals surface area contributed by atoms with E-state index in [0.717, 1.165) is 16.8 Å². The summed E-state index contributed by atoms with van der Waals surface area (Å²) in [6.07, 6.45) is 1.65. The summed E-state index contributed by atoms with van der Waals surface area (Å²) in [4.78, 5) is 26.4. The van der Waals surface area contributed by atoms with Crippen LogP contribution in [0.1, 0.15) is 11.1 Å². The van der Waals surface area contributed by atoms with Crippen molar-refractivity contribution in [3.63, 3.8) is 0 Å². The first-order valence-corrected chi connectivity index (χ1v) is 8.87. The molecule has 0 heterocycles. The number of aryl methyl sites for hydroxylation is 1. The predicted octanol–water partition coefficient (Wildman–Crippen LogP) is 4.67. The fourth-order valence-corrected chi connectivity index (χ4v) is 2.44. The minimum Gasteiger partial charge on any atom is -0.484 e. The summed E-state index contributed by atoms with van der Waals surface area (Å²) in [6, 6.07) is 20.6. The lowest BCUT2D eigenvalue weighted by Gasteiger charge is -2.08. The number of nitrogens with one attached hydrogen (secondary N) is 1. The van der Waals surface area contributed by atoms with E-state index in [2.05, 4.69) is 10.3 Å². The maximum absolute atomic E-state index is 12.0. The Bertz CT molecular complexity index is 1010. The highest BCUT2D eigenvalue weighted by Gasteiger charge is 2.04. The molecule has 0 fully saturated rings. The number of carbonyl (C=O) groups is 1. The number of nitro groups is 1. The summed E-state index contributed by atoms with van der Waals surface area (Å²) in [5.41, 5.74) is 3.32. The molecule has 0 aliphatic rings. The number of ether oxygens (including phenoxy) is 1. The van der Waals surface area contributed by atoms with Gasteiger partial charge in [-0.1, -0.05) is 17.7 Å². The van der Waals surface area contributed by atoms with Crippen molar-refractivity contribution in [3.8, 4) is 5.75 Å². The van der Waals surface area contributed by atoms with Gasteiger partial charge in [-0.25, -0.2) is 0 Å². The van der Waals surface area contributed by atoms with Crippen molar-refractivity contribution in [3.05, 3.63) is 94.0 Å². The lowest BCUT2D eigenvalue weighted by molar-refractivity contribution is -0.384. The van der Waals surface area contributed by atoms with Gasteiger partial charge in [0.05, 0.1) is 10.6 Å². The molecule has 0 saturated heterocycles. The average Bonchev–Trinajstić information content (AvgIpc) is 2.73. The van der Waals surface area contributed by atoms with E-state index in [1.54, 1.807) is 30.5 Å². The molecule has 0 atom stereocenters. The molecule has 0 saturated carbocycles. The molecule has 0 aliphatic heterocycles. The Morgan fingerprint density at radius 2 is 1.69 bits per heavy atom. The van der Waals surface area contributed by atoms with Crippen molar-refractivity contribution < 1.29 is 14.5 Å². The third-order valence-electron chi connectivity index (χ3n) is 4.01. The van der Waals surface area contributed by atoms with Crippen LogP contribution in [0.2, 0.25) is 0 Å². The third-order valence-corrected chi connectivity index (χ3v) is 4.01. The van der Waals surface area contributed by atoms with E-state index >= 15 is 0 Å². The molecule has 3 rings (SSSR count). The van der Waals surface area contributed by atoms with Gasteiger partial charge >= 0.3 is 0 Å². The number of aliphatic imine (C=N–C) groups is 1. The van der Waals surface area contributed by atoms with Gasteiger partial charge in [0.1, 0.15) is 5.75 Å². The van der Waals surface area contributed by atoms with Crippen molar-refractivity contribution in [1.82, 2.24) is 0 Å². The summed E-state index contributed by atoms with van der Waals surface area (Å²) in [5.74, 6) is 0.328. The van der Waals surface area contributed by atoms with Gasteiger partial charge in [-0.05, 0) is 61.0 Å². The minimum absolute atomic E-state index is 0.0249. The molecule has 1 N–H and O–H groups in total. The number of anilines is 1. The number of benzene rings is 3.